The zero-order valence-corrected chi connectivity index (χ0v) is 13.7. The van der Waals surface area contributed by atoms with Crippen LogP contribution in [0.25, 0.3) is 11.3 Å². The van der Waals surface area contributed by atoms with E-state index in [1.807, 2.05) is 18.2 Å². The van der Waals surface area contributed by atoms with Gasteiger partial charge in [0.15, 0.2) is 0 Å². The van der Waals surface area contributed by atoms with Crippen molar-refractivity contribution in [3.8, 4) is 17.3 Å². The third kappa shape index (κ3) is 2.63. The summed E-state index contributed by atoms with van der Waals surface area (Å²) in [6.07, 6.45) is 4.81. The molecular formula is C22H20N2. The normalized spacial score (nSPS) is 13.3. The van der Waals surface area contributed by atoms with Gasteiger partial charge in [0.05, 0.1) is 17.3 Å². The summed E-state index contributed by atoms with van der Waals surface area (Å²) in [6.45, 7) is 0.866. The van der Waals surface area contributed by atoms with Gasteiger partial charge in [-0.1, -0.05) is 48.5 Å². The average molecular weight is 312 g/mol. The van der Waals surface area contributed by atoms with Gasteiger partial charge in [0.2, 0.25) is 0 Å². The van der Waals surface area contributed by atoms with Crippen LogP contribution in [0.3, 0.4) is 0 Å². The molecule has 3 aromatic rings. The maximum absolute atomic E-state index is 9.50. The van der Waals surface area contributed by atoms with E-state index in [2.05, 4.69) is 53.1 Å². The Balaban J connectivity index is 1.87. The molecule has 1 aromatic heterocycles. The van der Waals surface area contributed by atoms with Crippen molar-refractivity contribution < 1.29 is 0 Å². The van der Waals surface area contributed by atoms with E-state index in [9.17, 15) is 5.26 Å². The van der Waals surface area contributed by atoms with Gasteiger partial charge in [-0.05, 0) is 48.9 Å². The fourth-order valence-corrected chi connectivity index (χ4v) is 3.74. The molecule has 118 valence electrons. The summed E-state index contributed by atoms with van der Waals surface area (Å²) >= 11 is 0. The molecule has 2 heteroatoms. The van der Waals surface area contributed by atoms with E-state index < -0.39 is 0 Å². The van der Waals surface area contributed by atoms with Crippen molar-refractivity contribution in [2.45, 2.75) is 32.2 Å². The van der Waals surface area contributed by atoms with Crippen molar-refractivity contribution in [1.29, 1.82) is 5.26 Å². The third-order valence-corrected chi connectivity index (χ3v) is 4.91. The summed E-state index contributed by atoms with van der Waals surface area (Å²) in [7, 11) is 0. The Bertz CT molecular complexity index is 897. The number of aryl methyl sites for hydroxylation is 1. The number of fused-ring (bicyclic) bond motifs is 1. The smallest absolute Gasteiger partial charge is 0.0998 e. The summed E-state index contributed by atoms with van der Waals surface area (Å²) in [5.41, 5.74) is 7.19. The molecule has 0 aliphatic heterocycles. The lowest BCUT2D eigenvalue weighted by Crippen LogP contribution is -2.10. The minimum atomic E-state index is 0.752. The highest BCUT2D eigenvalue weighted by atomic mass is 15.0. The summed E-state index contributed by atoms with van der Waals surface area (Å²) < 4.78 is 2.43. The third-order valence-electron chi connectivity index (χ3n) is 4.91. The molecule has 0 spiro atoms. The van der Waals surface area contributed by atoms with E-state index in [-0.39, 0.29) is 0 Å². The summed E-state index contributed by atoms with van der Waals surface area (Å²) in [5.74, 6) is 0. The van der Waals surface area contributed by atoms with Crippen LogP contribution in [0.5, 0.6) is 0 Å². The van der Waals surface area contributed by atoms with E-state index in [1.54, 1.807) is 0 Å². The van der Waals surface area contributed by atoms with Crippen LogP contribution in [-0.2, 0) is 19.4 Å². The molecule has 0 radical (unpaired) electrons. The Morgan fingerprint density at radius 1 is 0.917 bits per heavy atom. The van der Waals surface area contributed by atoms with Crippen molar-refractivity contribution in [2.24, 2.45) is 0 Å². The largest absolute Gasteiger partial charge is 0.340 e. The molecule has 2 nitrogen and oxygen atoms in total. The second-order valence-electron chi connectivity index (χ2n) is 6.44. The molecule has 0 atom stereocenters. The van der Waals surface area contributed by atoms with Crippen LogP contribution in [0.15, 0.2) is 60.7 Å². The predicted molar refractivity (Wildman–Crippen MR) is 96.8 cm³/mol. The molecule has 2 aromatic carbocycles. The van der Waals surface area contributed by atoms with Gasteiger partial charge < -0.3 is 4.57 Å². The molecule has 0 saturated carbocycles. The molecule has 24 heavy (non-hydrogen) atoms. The van der Waals surface area contributed by atoms with Gasteiger partial charge in [0.1, 0.15) is 0 Å². The van der Waals surface area contributed by atoms with E-state index in [1.165, 1.54) is 35.4 Å². The highest BCUT2D eigenvalue weighted by Crippen LogP contribution is 2.33. The maximum atomic E-state index is 9.50. The Morgan fingerprint density at radius 3 is 2.50 bits per heavy atom. The number of aromatic nitrogens is 1. The fraction of sp³-hybridized carbons (Fsp3) is 0.227. The number of rotatable bonds is 3. The zero-order chi connectivity index (χ0) is 16.4. The first kappa shape index (κ1) is 14.8. The highest BCUT2D eigenvalue weighted by Gasteiger charge is 2.20. The first-order valence-corrected chi connectivity index (χ1v) is 8.61. The number of hydrogen-bond donors (Lipinski definition) is 0. The molecule has 0 unspecified atom stereocenters. The van der Waals surface area contributed by atoms with Crippen molar-refractivity contribution >= 4 is 0 Å². The van der Waals surface area contributed by atoms with E-state index in [0.29, 0.717) is 0 Å². The predicted octanol–water partition coefficient (Wildman–Crippen LogP) is 4.95. The molecule has 0 N–H and O–H groups in total. The molecule has 0 bridgehead atoms. The lowest BCUT2D eigenvalue weighted by molar-refractivity contribution is 0.633. The molecule has 1 aliphatic carbocycles. The van der Waals surface area contributed by atoms with Crippen LogP contribution in [0, 0.1) is 11.3 Å². The monoisotopic (exact) mass is 312 g/mol. The van der Waals surface area contributed by atoms with E-state index in [4.69, 9.17) is 0 Å². The maximum Gasteiger partial charge on any atom is 0.0998 e. The molecule has 0 saturated heterocycles. The van der Waals surface area contributed by atoms with Gasteiger partial charge in [-0.25, -0.2) is 0 Å². The van der Waals surface area contributed by atoms with Crippen molar-refractivity contribution in [3.05, 3.63) is 83.0 Å². The first-order chi connectivity index (χ1) is 11.9. The van der Waals surface area contributed by atoms with Crippen LogP contribution >= 0.6 is 0 Å². The van der Waals surface area contributed by atoms with Crippen LogP contribution in [0.2, 0.25) is 0 Å². The summed E-state index contributed by atoms with van der Waals surface area (Å²) in [6, 6.07) is 23.2. The van der Waals surface area contributed by atoms with E-state index in [0.717, 1.165) is 30.5 Å². The topological polar surface area (TPSA) is 28.7 Å². The molecule has 1 aliphatic rings. The second kappa shape index (κ2) is 6.37. The van der Waals surface area contributed by atoms with Crippen LogP contribution in [0.4, 0.5) is 0 Å². The highest BCUT2D eigenvalue weighted by molar-refractivity contribution is 5.70. The number of nitriles is 1. The minimum Gasteiger partial charge on any atom is -0.340 e. The van der Waals surface area contributed by atoms with Crippen LogP contribution in [0.1, 0.15) is 35.2 Å². The quantitative estimate of drug-likeness (QED) is 0.672. The Kier molecular flexibility index (Phi) is 3.92. The average Bonchev–Trinajstić information content (AvgIpc) is 3.01. The van der Waals surface area contributed by atoms with Gasteiger partial charge in [-0.2, -0.15) is 5.26 Å². The van der Waals surface area contributed by atoms with Gasteiger partial charge in [0.25, 0.3) is 0 Å². The number of nitrogens with zero attached hydrogens (tertiary/aromatic N) is 2. The second-order valence-corrected chi connectivity index (χ2v) is 6.44. The van der Waals surface area contributed by atoms with Crippen molar-refractivity contribution in [3.63, 3.8) is 0 Å². The molecule has 1 heterocycles. The number of hydrogen-bond acceptors (Lipinski definition) is 1. The van der Waals surface area contributed by atoms with Crippen molar-refractivity contribution in [1.82, 2.24) is 4.57 Å². The van der Waals surface area contributed by atoms with Gasteiger partial charge in [0, 0.05) is 17.8 Å². The Morgan fingerprint density at radius 2 is 1.67 bits per heavy atom. The first-order valence-electron chi connectivity index (χ1n) is 8.61. The van der Waals surface area contributed by atoms with Crippen LogP contribution in [-0.4, -0.2) is 4.57 Å². The lowest BCUT2D eigenvalue weighted by Gasteiger charge is -2.18. The van der Waals surface area contributed by atoms with Gasteiger partial charge in [-0.15, -0.1) is 0 Å². The number of benzene rings is 2. The van der Waals surface area contributed by atoms with Crippen LogP contribution < -0.4 is 0 Å². The SMILES string of the molecule is N#Cc1ccccc1-c1cc2c(n1Cc1ccccc1)CCCC2. The fourth-order valence-electron chi connectivity index (χ4n) is 3.74. The standard InChI is InChI=1S/C22H20N2/c23-15-19-11-4-6-12-20(19)22-14-18-10-5-7-13-21(18)24(22)16-17-8-2-1-3-9-17/h1-4,6,8-9,11-12,14H,5,7,10,13,16H2. The molecule has 0 fully saturated rings. The molecule has 4 rings (SSSR count). The minimum absolute atomic E-state index is 0.752. The van der Waals surface area contributed by atoms with Gasteiger partial charge in [-0.3, -0.25) is 0 Å². The molecule has 0 amide bonds. The van der Waals surface area contributed by atoms with Crippen molar-refractivity contribution in [2.75, 3.05) is 0 Å². The van der Waals surface area contributed by atoms with E-state index >= 15 is 0 Å². The Labute approximate surface area is 143 Å². The summed E-state index contributed by atoms with van der Waals surface area (Å²) in [4.78, 5) is 0. The lowest BCUT2D eigenvalue weighted by atomic mass is 9.97. The zero-order valence-electron chi connectivity index (χ0n) is 13.7. The van der Waals surface area contributed by atoms with Gasteiger partial charge >= 0.3 is 0 Å². The Hall–Kier alpha value is -2.79. The summed E-state index contributed by atoms with van der Waals surface area (Å²) in [5, 5.41) is 9.50. The molecular weight excluding hydrogens is 292 g/mol.